The molecule has 1 aliphatic carbocycles. The largest absolute Gasteiger partial charge is 0.383 e. The normalized spacial score (nSPS) is 15.6. The van der Waals surface area contributed by atoms with E-state index in [0.717, 1.165) is 31.0 Å². The third-order valence-corrected chi connectivity index (χ3v) is 4.47. The Kier molecular flexibility index (Phi) is 7.52. The molecule has 138 valence electrons. The molecule has 1 fully saturated rings. The van der Waals surface area contributed by atoms with Crippen molar-refractivity contribution in [3.8, 4) is 0 Å². The number of ether oxygens (including phenoxy) is 1. The minimum absolute atomic E-state index is 0.0865. The Morgan fingerprint density at radius 1 is 1.32 bits per heavy atom. The van der Waals surface area contributed by atoms with Crippen LogP contribution in [0.15, 0.2) is 29.3 Å². The molecule has 25 heavy (non-hydrogen) atoms. The van der Waals surface area contributed by atoms with E-state index in [9.17, 15) is 4.79 Å². The Balaban J connectivity index is 1.88. The number of rotatable bonds is 9. The number of hydrogen-bond donors (Lipinski definition) is 3. The van der Waals surface area contributed by atoms with Crippen LogP contribution in [-0.2, 0) is 14.9 Å². The van der Waals surface area contributed by atoms with Gasteiger partial charge in [-0.25, -0.2) is 4.99 Å². The first-order chi connectivity index (χ1) is 12.1. The van der Waals surface area contributed by atoms with Gasteiger partial charge in [-0.1, -0.05) is 23.7 Å². The Hall–Kier alpha value is -1.79. The van der Waals surface area contributed by atoms with Crippen LogP contribution < -0.4 is 16.0 Å². The van der Waals surface area contributed by atoms with Crippen LogP contribution in [0.5, 0.6) is 0 Å². The summed E-state index contributed by atoms with van der Waals surface area (Å²) in [6, 6.07) is 8.03. The number of benzene rings is 1. The zero-order valence-corrected chi connectivity index (χ0v) is 15.7. The number of halogens is 1. The molecule has 0 heterocycles. The van der Waals surface area contributed by atoms with Crippen LogP contribution in [0.1, 0.15) is 25.3 Å². The molecule has 6 nitrogen and oxygen atoms in total. The van der Waals surface area contributed by atoms with Gasteiger partial charge in [0.25, 0.3) is 0 Å². The first-order valence-corrected chi connectivity index (χ1v) is 9.01. The van der Waals surface area contributed by atoms with Crippen molar-refractivity contribution in [2.24, 2.45) is 4.99 Å². The molecule has 0 radical (unpaired) electrons. The fraction of sp³-hybridized carbons (Fsp3) is 0.556. The number of carbonyl (C=O) groups excluding carboxylic acids is 1. The predicted octanol–water partition coefficient (Wildman–Crippen LogP) is 1.69. The summed E-state index contributed by atoms with van der Waals surface area (Å²) in [5.74, 6) is 0.530. The molecule has 1 aromatic carbocycles. The van der Waals surface area contributed by atoms with Crippen molar-refractivity contribution in [3.63, 3.8) is 0 Å². The highest BCUT2D eigenvalue weighted by Crippen LogP contribution is 2.48. The van der Waals surface area contributed by atoms with E-state index in [1.54, 1.807) is 7.11 Å². The van der Waals surface area contributed by atoms with Crippen molar-refractivity contribution in [2.75, 3.05) is 39.9 Å². The van der Waals surface area contributed by atoms with Gasteiger partial charge in [0.15, 0.2) is 5.96 Å². The zero-order valence-electron chi connectivity index (χ0n) is 14.9. The first kappa shape index (κ1) is 19.5. The van der Waals surface area contributed by atoms with Crippen LogP contribution in [-0.4, -0.2) is 51.8 Å². The van der Waals surface area contributed by atoms with Gasteiger partial charge in [-0.2, -0.15) is 0 Å². The summed E-state index contributed by atoms with van der Waals surface area (Å²) in [7, 11) is 1.60. The maximum absolute atomic E-state index is 11.8. The summed E-state index contributed by atoms with van der Waals surface area (Å²) in [4.78, 5) is 16.1. The predicted molar refractivity (Wildman–Crippen MR) is 101 cm³/mol. The minimum atomic E-state index is -0.120. The average Bonchev–Trinajstić information content (AvgIpc) is 3.39. The van der Waals surface area contributed by atoms with Crippen LogP contribution in [0.25, 0.3) is 0 Å². The molecule has 7 heteroatoms. The minimum Gasteiger partial charge on any atom is -0.383 e. The van der Waals surface area contributed by atoms with Crippen molar-refractivity contribution < 1.29 is 9.53 Å². The van der Waals surface area contributed by atoms with E-state index in [-0.39, 0.29) is 17.9 Å². The van der Waals surface area contributed by atoms with Gasteiger partial charge in [0.2, 0.25) is 5.91 Å². The van der Waals surface area contributed by atoms with Crippen molar-refractivity contribution in [3.05, 3.63) is 34.9 Å². The fourth-order valence-electron chi connectivity index (χ4n) is 2.63. The lowest BCUT2D eigenvalue weighted by molar-refractivity contribution is -0.119. The first-order valence-electron chi connectivity index (χ1n) is 8.63. The highest BCUT2D eigenvalue weighted by atomic mass is 35.5. The summed E-state index contributed by atoms with van der Waals surface area (Å²) < 4.78 is 4.91. The lowest BCUT2D eigenvalue weighted by Crippen LogP contribution is -2.42. The summed E-state index contributed by atoms with van der Waals surface area (Å²) >= 11 is 6.12. The van der Waals surface area contributed by atoms with E-state index < -0.39 is 0 Å². The second kappa shape index (κ2) is 9.63. The number of nitrogens with one attached hydrogen (secondary N) is 3. The monoisotopic (exact) mass is 366 g/mol. The topological polar surface area (TPSA) is 74.8 Å². The maximum Gasteiger partial charge on any atom is 0.241 e. The maximum atomic E-state index is 11.8. The fourth-order valence-corrected chi connectivity index (χ4v) is 2.82. The number of methoxy groups -OCH3 is 1. The smallest absolute Gasteiger partial charge is 0.241 e. The standard InChI is InChI=1S/C18H27ClN4O2/c1-3-20-17(22-12-16(24)21-9-10-25-2)23-13-18(7-8-18)14-5-4-6-15(19)11-14/h4-6,11H,3,7-10,12-13H2,1-2H3,(H,21,24)(H2,20,22,23). The molecule has 0 spiro atoms. The zero-order chi connectivity index (χ0) is 18.1. The lowest BCUT2D eigenvalue weighted by Gasteiger charge is -2.19. The van der Waals surface area contributed by atoms with Gasteiger partial charge in [-0.3, -0.25) is 4.79 Å². The number of guanidine groups is 1. The van der Waals surface area contributed by atoms with Gasteiger partial charge < -0.3 is 20.7 Å². The molecular formula is C18H27ClN4O2. The SMILES string of the molecule is CCNC(=NCC(=O)NCCOC)NCC1(c2cccc(Cl)c2)CC1. The van der Waals surface area contributed by atoms with Gasteiger partial charge in [0, 0.05) is 37.2 Å². The molecule has 1 saturated carbocycles. The highest BCUT2D eigenvalue weighted by Gasteiger charge is 2.44. The molecule has 1 aromatic rings. The number of hydrogen-bond acceptors (Lipinski definition) is 3. The van der Waals surface area contributed by atoms with Gasteiger partial charge in [0.1, 0.15) is 6.54 Å². The van der Waals surface area contributed by atoms with Crippen LogP contribution >= 0.6 is 11.6 Å². The summed E-state index contributed by atoms with van der Waals surface area (Å²) in [6.07, 6.45) is 2.24. The van der Waals surface area contributed by atoms with Crippen molar-refractivity contribution in [1.29, 1.82) is 0 Å². The molecule has 0 aromatic heterocycles. The van der Waals surface area contributed by atoms with Crippen LogP contribution in [0.2, 0.25) is 5.02 Å². The molecule has 0 bridgehead atoms. The van der Waals surface area contributed by atoms with Gasteiger partial charge in [-0.05, 0) is 37.5 Å². The van der Waals surface area contributed by atoms with Crippen LogP contribution in [0, 0.1) is 0 Å². The molecule has 0 unspecified atom stereocenters. The van der Waals surface area contributed by atoms with Crippen LogP contribution in [0.3, 0.4) is 0 Å². The van der Waals surface area contributed by atoms with Gasteiger partial charge in [-0.15, -0.1) is 0 Å². The molecule has 0 aliphatic heterocycles. The Bertz CT molecular complexity index is 602. The molecule has 1 aliphatic rings. The quantitative estimate of drug-likeness (QED) is 0.353. The number of amides is 1. The number of aliphatic imine (C=N–C) groups is 1. The van der Waals surface area contributed by atoms with Crippen molar-refractivity contribution in [2.45, 2.75) is 25.2 Å². The van der Waals surface area contributed by atoms with Gasteiger partial charge in [0.05, 0.1) is 6.61 Å². The van der Waals surface area contributed by atoms with Crippen LogP contribution in [0.4, 0.5) is 0 Å². The lowest BCUT2D eigenvalue weighted by atomic mass is 9.96. The van der Waals surface area contributed by atoms with Crippen molar-refractivity contribution in [1.82, 2.24) is 16.0 Å². The van der Waals surface area contributed by atoms with E-state index in [0.29, 0.717) is 19.1 Å². The van der Waals surface area contributed by atoms with E-state index in [1.165, 1.54) is 5.56 Å². The third-order valence-electron chi connectivity index (χ3n) is 4.24. The summed E-state index contributed by atoms with van der Waals surface area (Å²) in [6.45, 7) is 4.58. The molecule has 0 saturated heterocycles. The van der Waals surface area contributed by atoms with E-state index in [1.807, 2.05) is 25.1 Å². The van der Waals surface area contributed by atoms with E-state index in [2.05, 4.69) is 27.0 Å². The number of nitrogens with zero attached hydrogens (tertiary/aromatic N) is 1. The molecule has 2 rings (SSSR count). The molecule has 3 N–H and O–H groups in total. The summed E-state index contributed by atoms with van der Waals surface area (Å²) in [5.41, 5.74) is 1.36. The Labute approximate surface area is 154 Å². The second-order valence-electron chi connectivity index (χ2n) is 6.18. The molecule has 0 atom stereocenters. The average molecular weight is 367 g/mol. The molecular weight excluding hydrogens is 340 g/mol. The van der Waals surface area contributed by atoms with E-state index in [4.69, 9.17) is 16.3 Å². The van der Waals surface area contributed by atoms with Crippen molar-refractivity contribution >= 4 is 23.5 Å². The third kappa shape index (κ3) is 6.21. The summed E-state index contributed by atoms with van der Waals surface area (Å²) in [5, 5.41) is 10.0. The van der Waals surface area contributed by atoms with Gasteiger partial charge >= 0.3 is 0 Å². The Morgan fingerprint density at radius 2 is 2.12 bits per heavy atom. The highest BCUT2D eigenvalue weighted by molar-refractivity contribution is 6.30. The Morgan fingerprint density at radius 3 is 2.76 bits per heavy atom. The van der Waals surface area contributed by atoms with E-state index >= 15 is 0 Å². The number of carbonyl (C=O) groups is 1. The molecule has 1 amide bonds. The second-order valence-corrected chi connectivity index (χ2v) is 6.62.